The lowest BCUT2D eigenvalue weighted by Crippen LogP contribution is -2.12. The highest BCUT2D eigenvalue weighted by Gasteiger charge is 2.25. The fourth-order valence-corrected chi connectivity index (χ4v) is 3.14. The molecule has 1 saturated heterocycles. The minimum Gasteiger partial charge on any atom is -0.381 e. The number of ketones is 1. The molecule has 0 spiro atoms. The number of hydrogen-bond donors (Lipinski definition) is 0. The fourth-order valence-electron chi connectivity index (χ4n) is 2.08. The Morgan fingerprint density at radius 3 is 3.06 bits per heavy atom. The van der Waals surface area contributed by atoms with E-state index in [9.17, 15) is 9.18 Å². The van der Waals surface area contributed by atoms with Crippen molar-refractivity contribution in [2.24, 2.45) is 5.92 Å². The molecular formula is C13H11FO2S. The molecule has 0 saturated carbocycles. The Kier molecular flexibility index (Phi) is 2.68. The summed E-state index contributed by atoms with van der Waals surface area (Å²) in [5.41, 5.74) is 0. The second-order valence-electron chi connectivity index (χ2n) is 4.22. The van der Waals surface area contributed by atoms with Crippen LogP contribution in [0.2, 0.25) is 0 Å². The van der Waals surface area contributed by atoms with E-state index in [1.807, 2.05) is 0 Å². The predicted octanol–water partition coefficient (Wildman–Crippen LogP) is 3.26. The first-order valence-electron chi connectivity index (χ1n) is 5.55. The van der Waals surface area contributed by atoms with Crippen LogP contribution in [0, 0.1) is 11.7 Å². The molecule has 88 valence electrons. The third kappa shape index (κ3) is 1.98. The third-order valence-corrected chi connectivity index (χ3v) is 4.15. The highest BCUT2D eigenvalue weighted by molar-refractivity contribution is 7.20. The second-order valence-corrected chi connectivity index (χ2v) is 5.30. The maximum Gasteiger partial charge on any atom is 0.178 e. The molecule has 1 unspecified atom stereocenters. The van der Waals surface area contributed by atoms with Crippen molar-refractivity contribution in [3.63, 3.8) is 0 Å². The monoisotopic (exact) mass is 250 g/mol. The van der Waals surface area contributed by atoms with Gasteiger partial charge >= 0.3 is 0 Å². The van der Waals surface area contributed by atoms with Crippen LogP contribution < -0.4 is 0 Å². The van der Waals surface area contributed by atoms with Gasteiger partial charge in [0.15, 0.2) is 5.78 Å². The number of carbonyl (C=O) groups is 1. The van der Waals surface area contributed by atoms with Gasteiger partial charge in [-0.3, -0.25) is 4.79 Å². The number of rotatable bonds is 2. The minimum absolute atomic E-state index is 0.0205. The third-order valence-electron chi connectivity index (χ3n) is 3.02. The Bertz CT molecular complexity index is 570. The maximum atomic E-state index is 13.0. The number of carbonyl (C=O) groups excluding carboxylic acids is 1. The van der Waals surface area contributed by atoms with E-state index in [4.69, 9.17) is 4.74 Å². The van der Waals surface area contributed by atoms with Crippen molar-refractivity contribution in [1.29, 1.82) is 0 Å². The van der Waals surface area contributed by atoms with Gasteiger partial charge in [0.2, 0.25) is 0 Å². The van der Waals surface area contributed by atoms with Gasteiger partial charge in [-0.05, 0) is 36.1 Å². The molecule has 0 radical (unpaired) electrons. The van der Waals surface area contributed by atoms with Crippen LogP contribution in [0.5, 0.6) is 0 Å². The van der Waals surface area contributed by atoms with E-state index in [0.717, 1.165) is 16.5 Å². The molecule has 3 rings (SSSR count). The molecule has 2 aromatic rings. The molecule has 1 aromatic carbocycles. The largest absolute Gasteiger partial charge is 0.381 e. The van der Waals surface area contributed by atoms with Crippen LogP contribution in [0.4, 0.5) is 4.39 Å². The number of thiophene rings is 1. The molecule has 0 aliphatic carbocycles. The van der Waals surface area contributed by atoms with Gasteiger partial charge < -0.3 is 4.74 Å². The fraction of sp³-hybridized carbons (Fsp3) is 0.308. The van der Waals surface area contributed by atoms with Crippen molar-refractivity contribution in [2.75, 3.05) is 13.2 Å². The number of fused-ring (bicyclic) bond motifs is 1. The summed E-state index contributed by atoms with van der Waals surface area (Å²) in [6.45, 7) is 1.18. The lowest BCUT2D eigenvalue weighted by Gasteiger charge is -2.02. The quantitative estimate of drug-likeness (QED) is 0.765. The summed E-state index contributed by atoms with van der Waals surface area (Å²) in [6.07, 6.45) is 0.793. The number of ether oxygens (including phenoxy) is 1. The van der Waals surface area contributed by atoms with Crippen LogP contribution in [0.15, 0.2) is 24.3 Å². The maximum absolute atomic E-state index is 13.0. The van der Waals surface area contributed by atoms with Crippen molar-refractivity contribution < 1.29 is 13.9 Å². The lowest BCUT2D eigenvalue weighted by atomic mass is 10.0. The Hall–Kier alpha value is -1.26. The highest BCUT2D eigenvalue weighted by Crippen LogP contribution is 2.29. The van der Waals surface area contributed by atoms with Gasteiger partial charge in [0.05, 0.1) is 11.5 Å². The normalized spacial score (nSPS) is 19.9. The SMILES string of the molecule is O=C(c1cc2cc(F)ccc2s1)C1CCOC1. The molecule has 4 heteroatoms. The van der Waals surface area contributed by atoms with E-state index in [-0.39, 0.29) is 17.5 Å². The zero-order valence-corrected chi connectivity index (χ0v) is 9.93. The first-order valence-corrected chi connectivity index (χ1v) is 6.37. The molecule has 1 fully saturated rings. The summed E-state index contributed by atoms with van der Waals surface area (Å²) in [4.78, 5) is 12.8. The molecule has 1 aliphatic rings. The zero-order valence-electron chi connectivity index (χ0n) is 9.11. The molecule has 2 nitrogen and oxygen atoms in total. The number of hydrogen-bond acceptors (Lipinski definition) is 3. The smallest absolute Gasteiger partial charge is 0.178 e. The van der Waals surface area contributed by atoms with Crippen molar-refractivity contribution in [3.8, 4) is 0 Å². The summed E-state index contributed by atoms with van der Waals surface area (Å²) < 4.78 is 19.2. The van der Waals surface area contributed by atoms with E-state index < -0.39 is 0 Å². The van der Waals surface area contributed by atoms with Gasteiger partial charge in [-0.1, -0.05) is 0 Å². The predicted molar refractivity (Wildman–Crippen MR) is 65.0 cm³/mol. The van der Waals surface area contributed by atoms with Crippen molar-refractivity contribution in [1.82, 2.24) is 0 Å². The Morgan fingerprint density at radius 1 is 1.41 bits per heavy atom. The van der Waals surface area contributed by atoms with Crippen LogP contribution in [0.3, 0.4) is 0 Å². The van der Waals surface area contributed by atoms with E-state index in [0.29, 0.717) is 18.1 Å². The van der Waals surface area contributed by atoms with E-state index >= 15 is 0 Å². The van der Waals surface area contributed by atoms with E-state index in [1.165, 1.54) is 23.5 Å². The Labute approximate surface area is 102 Å². The summed E-state index contributed by atoms with van der Waals surface area (Å²) in [7, 11) is 0. The first kappa shape index (κ1) is 10.9. The average Bonchev–Trinajstić information content (AvgIpc) is 2.96. The molecule has 0 N–H and O–H groups in total. The Balaban J connectivity index is 1.97. The van der Waals surface area contributed by atoms with Gasteiger partial charge in [-0.15, -0.1) is 11.3 Å². The van der Waals surface area contributed by atoms with Crippen LogP contribution in [-0.2, 0) is 4.74 Å². The standard InChI is InChI=1S/C13H11FO2S/c14-10-1-2-11-9(5-10)6-12(17-11)13(15)8-3-4-16-7-8/h1-2,5-6,8H,3-4,7H2. The van der Waals surface area contributed by atoms with Crippen LogP contribution in [0.1, 0.15) is 16.1 Å². The molecule has 0 bridgehead atoms. The number of halogens is 1. The summed E-state index contributed by atoms with van der Waals surface area (Å²) in [5.74, 6) is -0.157. The van der Waals surface area contributed by atoms with E-state index in [2.05, 4.69) is 0 Å². The summed E-state index contributed by atoms with van der Waals surface area (Å²) >= 11 is 1.43. The molecule has 2 heterocycles. The zero-order chi connectivity index (χ0) is 11.8. The highest BCUT2D eigenvalue weighted by atomic mass is 32.1. The summed E-state index contributed by atoms with van der Waals surface area (Å²) in [5, 5.41) is 0.803. The van der Waals surface area contributed by atoms with Gasteiger partial charge in [0, 0.05) is 17.2 Å². The molecular weight excluding hydrogens is 239 g/mol. The van der Waals surface area contributed by atoms with Crippen molar-refractivity contribution >= 4 is 27.2 Å². The number of benzene rings is 1. The average molecular weight is 250 g/mol. The molecule has 1 aromatic heterocycles. The Morgan fingerprint density at radius 2 is 2.29 bits per heavy atom. The summed E-state index contributed by atoms with van der Waals surface area (Å²) in [6, 6.07) is 6.39. The molecule has 1 aliphatic heterocycles. The van der Waals surface area contributed by atoms with Gasteiger partial charge in [0.1, 0.15) is 5.82 Å². The minimum atomic E-state index is -0.265. The van der Waals surface area contributed by atoms with Crippen LogP contribution in [0.25, 0.3) is 10.1 Å². The lowest BCUT2D eigenvalue weighted by molar-refractivity contribution is 0.0904. The first-order chi connectivity index (χ1) is 8.24. The van der Waals surface area contributed by atoms with Crippen LogP contribution >= 0.6 is 11.3 Å². The van der Waals surface area contributed by atoms with E-state index in [1.54, 1.807) is 12.1 Å². The van der Waals surface area contributed by atoms with Gasteiger partial charge in [-0.2, -0.15) is 0 Å². The van der Waals surface area contributed by atoms with Gasteiger partial charge in [0.25, 0.3) is 0 Å². The van der Waals surface area contributed by atoms with Crippen molar-refractivity contribution in [2.45, 2.75) is 6.42 Å². The van der Waals surface area contributed by atoms with Gasteiger partial charge in [-0.25, -0.2) is 4.39 Å². The molecule has 0 amide bonds. The van der Waals surface area contributed by atoms with Crippen molar-refractivity contribution in [3.05, 3.63) is 35.0 Å². The second kappa shape index (κ2) is 4.20. The molecule has 1 atom stereocenters. The van der Waals surface area contributed by atoms with Crippen LogP contribution in [-0.4, -0.2) is 19.0 Å². The topological polar surface area (TPSA) is 26.3 Å². The number of Topliss-reactive ketones (excluding diaryl/α,β-unsaturated/α-hetero) is 1. The molecule has 17 heavy (non-hydrogen) atoms.